The van der Waals surface area contributed by atoms with Gasteiger partial charge in [-0.15, -0.1) is 0 Å². The van der Waals surface area contributed by atoms with Gasteiger partial charge in [-0.1, -0.05) is 19.1 Å². The molecule has 2 aromatic rings. The molecule has 0 heterocycles. The lowest BCUT2D eigenvalue weighted by Crippen LogP contribution is -1.87. The number of carbonyl (C=O) groups is 1. The van der Waals surface area contributed by atoms with Gasteiger partial charge in [0.15, 0.2) is 0 Å². The molecule has 0 spiro atoms. The van der Waals surface area contributed by atoms with Crippen LogP contribution in [0.25, 0.3) is 0 Å². The van der Waals surface area contributed by atoms with Crippen LogP contribution >= 0.6 is 0 Å². The summed E-state index contributed by atoms with van der Waals surface area (Å²) in [5, 5.41) is 0. The van der Waals surface area contributed by atoms with Crippen LogP contribution in [0.4, 0.5) is 0 Å². The van der Waals surface area contributed by atoms with Crippen LogP contribution in [0.15, 0.2) is 48.5 Å². The molecule has 0 atom stereocenters. The van der Waals surface area contributed by atoms with Crippen LogP contribution in [0.3, 0.4) is 0 Å². The van der Waals surface area contributed by atoms with Crippen LogP contribution < -0.4 is 4.74 Å². The number of hydrogen-bond donors (Lipinski definition) is 0. The first kappa shape index (κ1) is 11.4. The molecule has 2 nitrogen and oxygen atoms in total. The Bertz CT molecular complexity index is 501. The van der Waals surface area contributed by atoms with Gasteiger partial charge >= 0.3 is 0 Å². The molecule has 86 valence electrons. The van der Waals surface area contributed by atoms with E-state index in [1.165, 1.54) is 5.56 Å². The van der Waals surface area contributed by atoms with E-state index in [4.69, 9.17) is 4.74 Å². The van der Waals surface area contributed by atoms with Gasteiger partial charge in [-0.2, -0.15) is 0 Å². The molecule has 0 aliphatic carbocycles. The predicted molar refractivity (Wildman–Crippen MR) is 67.7 cm³/mol. The van der Waals surface area contributed by atoms with Crippen molar-refractivity contribution in [3.8, 4) is 11.5 Å². The molecule has 0 saturated carbocycles. The molecule has 2 rings (SSSR count). The highest BCUT2D eigenvalue weighted by Gasteiger charge is 1.98. The van der Waals surface area contributed by atoms with E-state index in [9.17, 15) is 4.79 Å². The third kappa shape index (κ3) is 2.94. The molecular weight excluding hydrogens is 212 g/mol. The van der Waals surface area contributed by atoms with E-state index >= 15 is 0 Å². The minimum Gasteiger partial charge on any atom is -0.457 e. The Hall–Kier alpha value is -2.09. The number of aldehydes is 1. The molecule has 0 bridgehead atoms. The van der Waals surface area contributed by atoms with Crippen molar-refractivity contribution in [2.24, 2.45) is 0 Å². The van der Waals surface area contributed by atoms with E-state index in [1.807, 2.05) is 18.2 Å². The lowest BCUT2D eigenvalue weighted by atomic mass is 10.2. The Labute approximate surface area is 101 Å². The predicted octanol–water partition coefficient (Wildman–Crippen LogP) is 3.85. The fourth-order valence-electron chi connectivity index (χ4n) is 1.58. The first-order valence-corrected chi connectivity index (χ1v) is 5.64. The average molecular weight is 226 g/mol. The first-order chi connectivity index (χ1) is 8.31. The highest BCUT2D eigenvalue weighted by molar-refractivity contribution is 5.74. The summed E-state index contributed by atoms with van der Waals surface area (Å²) in [7, 11) is 0. The molecule has 0 amide bonds. The van der Waals surface area contributed by atoms with Crippen LogP contribution in [0.1, 0.15) is 22.8 Å². The molecule has 0 unspecified atom stereocenters. The molecule has 2 aromatic carbocycles. The summed E-state index contributed by atoms with van der Waals surface area (Å²) in [5.74, 6) is 1.56. The zero-order valence-corrected chi connectivity index (χ0v) is 9.72. The van der Waals surface area contributed by atoms with Crippen LogP contribution in [-0.4, -0.2) is 6.29 Å². The van der Waals surface area contributed by atoms with Gasteiger partial charge < -0.3 is 4.74 Å². The number of carbonyl (C=O) groups excluding carboxylic acids is 1. The smallest absolute Gasteiger partial charge is 0.150 e. The first-order valence-electron chi connectivity index (χ1n) is 5.64. The highest BCUT2D eigenvalue weighted by Crippen LogP contribution is 2.22. The van der Waals surface area contributed by atoms with Crippen LogP contribution in [0.5, 0.6) is 11.5 Å². The van der Waals surface area contributed by atoms with E-state index in [-0.39, 0.29) is 0 Å². The zero-order chi connectivity index (χ0) is 12.1. The molecule has 0 aliphatic heterocycles. The summed E-state index contributed by atoms with van der Waals surface area (Å²) in [6, 6.07) is 15.1. The lowest BCUT2D eigenvalue weighted by Gasteiger charge is -2.06. The molecule has 17 heavy (non-hydrogen) atoms. The van der Waals surface area contributed by atoms with Gasteiger partial charge in [-0.25, -0.2) is 0 Å². The van der Waals surface area contributed by atoms with Crippen LogP contribution in [0.2, 0.25) is 0 Å². The van der Waals surface area contributed by atoms with Gasteiger partial charge in [-0.05, 0) is 48.4 Å². The number of benzene rings is 2. The molecule has 0 aliphatic rings. The Morgan fingerprint density at radius 2 is 1.82 bits per heavy atom. The van der Waals surface area contributed by atoms with Gasteiger partial charge in [0.25, 0.3) is 0 Å². The van der Waals surface area contributed by atoms with Crippen molar-refractivity contribution in [1.82, 2.24) is 0 Å². The number of hydrogen-bond acceptors (Lipinski definition) is 2. The zero-order valence-electron chi connectivity index (χ0n) is 9.72. The second-order valence-electron chi connectivity index (χ2n) is 3.79. The van der Waals surface area contributed by atoms with Crippen LogP contribution in [0, 0.1) is 0 Å². The third-order valence-corrected chi connectivity index (χ3v) is 2.56. The van der Waals surface area contributed by atoms with Gasteiger partial charge in [0.2, 0.25) is 0 Å². The third-order valence-electron chi connectivity index (χ3n) is 2.56. The molecule has 0 radical (unpaired) electrons. The maximum Gasteiger partial charge on any atom is 0.150 e. The molecule has 0 saturated heterocycles. The molecule has 2 heteroatoms. The summed E-state index contributed by atoms with van der Waals surface area (Å²) in [6.45, 7) is 2.11. The van der Waals surface area contributed by atoms with Crippen molar-refractivity contribution in [1.29, 1.82) is 0 Å². The number of ether oxygens (including phenoxy) is 1. The Kier molecular flexibility index (Phi) is 3.55. The van der Waals surface area contributed by atoms with Gasteiger partial charge in [-0.3, -0.25) is 4.79 Å². The van der Waals surface area contributed by atoms with Gasteiger partial charge in [0.05, 0.1) is 0 Å². The van der Waals surface area contributed by atoms with Crippen molar-refractivity contribution in [3.63, 3.8) is 0 Å². The summed E-state index contributed by atoms with van der Waals surface area (Å²) in [4.78, 5) is 10.5. The second kappa shape index (κ2) is 5.30. The normalized spacial score (nSPS) is 9.94. The second-order valence-corrected chi connectivity index (χ2v) is 3.79. The van der Waals surface area contributed by atoms with Gasteiger partial charge in [0.1, 0.15) is 17.8 Å². The Morgan fingerprint density at radius 1 is 1.06 bits per heavy atom. The van der Waals surface area contributed by atoms with Crippen molar-refractivity contribution < 1.29 is 9.53 Å². The monoisotopic (exact) mass is 226 g/mol. The summed E-state index contributed by atoms with van der Waals surface area (Å²) in [6.07, 6.45) is 1.81. The molecule has 0 fully saturated rings. The Morgan fingerprint density at radius 3 is 2.47 bits per heavy atom. The maximum atomic E-state index is 10.5. The van der Waals surface area contributed by atoms with Crippen molar-refractivity contribution in [3.05, 3.63) is 59.7 Å². The standard InChI is InChI=1S/C15H14O2/c1-2-12-4-3-5-15(10-12)17-14-8-6-13(11-16)7-9-14/h3-11H,2H2,1H3. The summed E-state index contributed by atoms with van der Waals surface area (Å²) >= 11 is 0. The Balaban J connectivity index is 2.15. The van der Waals surface area contributed by atoms with Gasteiger partial charge in [0, 0.05) is 5.56 Å². The largest absolute Gasteiger partial charge is 0.457 e. The van der Waals surface area contributed by atoms with E-state index in [1.54, 1.807) is 24.3 Å². The molecule has 0 aromatic heterocycles. The minimum absolute atomic E-state index is 0.652. The quantitative estimate of drug-likeness (QED) is 0.740. The van der Waals surface area contributed by atoms with E-state index in [0.717, 1.165) is 24.2 Å². The fraction of sp³-hybridized carbons (Fsp3) is 0.133. The van der Waals surface area contributed by atoms with Crippen molar-refractivity contribution >= 4 is 6.29 Å². The fourth-order valence-corrected chi connectivity index (χ4v) is 1.58. The summed E-state index contributed by atoms with van der Waals surface area (Å²) in [5.41, 5.74) is 1.90. The SMILES string of the molecule is CCc1cccc(Oc2ccc(C=O)cc2)c1. The van der Waals surface area contributed by atoms with Crippen molar-refractivity contribution in [2.75, 3.05) is 0 Å². The minimum atomic E-state index is 0.652. The van der Waals surface area contributed by atoms with E-state index < -0.39 is 0 Å². The van der Waals surface area contributed by atoms with Crippen molar-refractivity contribution in [2.45, 2.75) is 13.3 Å². The number of rotatable bonds is 4. The number of aryl methyl sites for hydroxylation is 1. The van der Waals surface area contributed by atoms with E-state index in [2.05, 4.69) is 13.0 Å². The van der Waals surface area contributed by atoms with E-state index in [0.29, 0.717) is 5.56 Å². The topological polar surface area (TPSA) is 26.3 Å². The lowest BCUT2D eigenvalue weighted by molar-refractivity contribution is 0.112. The highest BCUT2D eigenvalue weighted by atomic mass is 16.5. The molecule has 0 N–H and O–H groups in total. The summed E-state index contributed by atoms with van der Waals surface area (Å²) < 4.78 is 5.70. The maximum absolute atomic E-state index is 10.5. The molecular formula is C15H14O2. The van der Waals surface area contributed by atoms with Crippen LogP contribution in [-0.2, 0) is 6.42 Å². The average Bonchev–Trinajstić information content (AvgIpc) is 2.40.